The second-order valence-electron chi connectivity index (χ2n) is 6.27. The van der Waals surface area contributed by atoms with E-state index >= 15 is 0 Å². The number of aliphatic hydroxyl groups is 1. The molecule has 0 bridgehead atoms. The van der Waals surface area contributed by atoms with Gasteiger partial charge in [-0.25, -0.2) is 0 Å². The van der Waals surface area contributed by atoms with Crippen molar-refractivity contribution in [3.8, 4) is 5.75 Å². The number of hydrogen-bond donors (Lipinski definition) is 1. The van der Waals surface area contributed by atoms with Crippen LogP contribution in [0.4, 0.5) is 0 Å². The number of rotatable bonds is 6. The molecule has 0 radical (unpaired) electrons. The van der Waals surface area contributed by atoms with E-state index in [4.69, 9.17) is 4.74 Å². The highest BCUT2D eigenvalue weighted by Crippen LogP contribution is 2.32. The zero-order valence-corrected chi connectivity index (χ0v) is 14.9. The summed E-state index contributed by atoms with van der Waals surface area (Å²) in [5.41, 5.74) is 1.19. The van der Waals surface area contributed by atoms with E-state index in [0.717, 1.165) is 43.1 Å². The van der Waals surface area contributed by atoms with Crippen LogP contribution in [0.3, 0.4) is 0 Å². The Hall–Kier alpha value is -1.62. The van der Waals surface area contributed by atoms with Crippen molar-refractivity contribution in [1.29, 1.82) is 0 Å². The quantitative estimate of drug-likeness (QED) is 0.852. The average Bonchev–Trinajstić information content (AvgIpc) is 3.17. The van der Waals surface area contributed by atoms with Crippen molar-refractivity contribution in [3.05, 3.63) is 58.3 Å². The minimum absolute atomic E-state index is 0.290. The van der Waals surface area contributed by atoms with Crippen LogP contribution in [-0.4, -0.2) is 36.8 Å². The van der Waals surface area contributed by atoms with E-state index in [-0.39, 0.29) is 6.10 Å². The zero-order valence-electron chi connectivity index (χ0n) is 14.1. The van der Waals surface area contributed by atoms with Gasteiger partial charge in [0.05, 0.1) is 13.2 Å². The van der Waals surface area contributed by atoms with Crippen LogP contribution in [0.15, 0.2) is 47.9 Å². The van der Waals surface area contributed by atoms with Crippen molar-refractivity contribution in [3.63, 3.8) is 0 Å². The molecule has 1 saturated heterocycles. The summed E-state index contributed by atoms with van der Waals surface area (Å²) < 4.78 is 5.17. The molecule has 1 aliphatic heterocycles. The van der Waals surface area contributed by atoms with Crippen molar-refractivity contribution in [2.75, 3.05) is 26.7 Å². The number of piperidine rings is 1. The van der Waals surface area contributed by atoms with Gasteiger partial charge >= 0.3 is 0 Å². The second kappa shape index (κ2) is 8.47. The maximum absolute atomic E-state index is 10.5. The maximum atomic E-state index is 10.5. The van der Waals surface area contributed by atoms with Gasteiger partial charge in [0.15, 0.2) is 0 Å². The number of thiophene rings is 1. The summed E-state index contributed by atoms with van der Waals surface area (Å²) in [7, 11) is 1.68. The molecule has 0 amide bonds. The van der Waals surface area contributed by atoms with Crippen molar-refractivity contribution >= 4 is 17.4 Å². The molecule has 2 heterocycles. The zero-order chi connectivity index (χ0) is 16.8. The van der Waals surface area contributed by atoms with Crippen molar-refractivity contribution in [1.82, 2.24) is 4.90 Å². The van der Waals surface area contributed by atoms with Gasteiger partial charge < -0.3 is 9.84 Å². The number of benzene rings is 1. The molecule has 1 unspecified atom stereocenters. The third kappa shape index (κ3) is 4.47. The molecule has 3 rings (SSSR count). The molecule has 1 aliphatic rings. The van der Waals surface area contributed by atoms with E-state index < -0.39 is 0 Å². The van der Waals surface area contributed by atoms with E-state index in [1.807, 2.05) is 29.6 Å². The summed E-state index contributed by atoms with van der Waals surface area (Å²) in [5.74, 6) is 1.28. The number of likely N-dealkylation sites (tertiary alicyclic amines) is 1. The fourth-order valence-electron chi connectivity index (χ4n) is 3.20. The minimum atomic E-state index is -0.290. The summed E-state index contributed by atoms with van der Waals surface area (Å²) in [5, 5.41) is 12.5. The van der Waals surface area contributed by atoms with Gasteiger partial charge in [0.2, 0.25) is 0 Å². The summed E-state index contributed by atoms with van der Waals surface area (Å²) in [4.78, 5) is 3.56. The third-order valence-electron chi connectivity index (χ3n) is 4.70. The number of nitrogens with zero attached hydrogens (tertiary/aromatic N) is 1. The molecule has 1 aromatic heterocycles. The standard InChI is InChI=1S/C20H25NO2S/c1-23-18-8-6-16(7-9-18)4-2-12-21-13-10-17(11-14-21)20(22)19-5-3-15-24-19/h2-9,15,17,20,22H,10-14H2,1H3. The molecule has 24 heavy (non-hydrogen) atoms. The third-order valence-corrected chi connectivity index (χ3v) is 5.65. The van der Waals surface area contributed by atoms with E-state index in [0.29, 0.717) is 5.92 Å². The minimum Gasteiger partial charge on any atom is -0.497 e. The van der Waals surface area contributed by atoms with Gasteiger partial charge in [0.25, 0.3) is 0 Å². The Labute approximate surface area is 148 Å². The highest BCUT2D eigenvalue weighted by molar-refractivity contribution is 7.10. The van der Waals surface area contributed by atoms with Crippen LogP contribution < -0.4 is 4.74 Å². The van der Waals surface area contributed by atoms with E-state index in [9.17, 15) is 5.11 Å². The first-order valence-electron chi connectivity index (χ1n) is 8.50. The van der Waals surface area contributed by atoms with Crippen molar-refractivity contribution < 1.29 is 9.84 Å². The van der Waals surface area contributed by atoms with Gasteiger partial charge in [0, 0.05) is 11.4 Å². The van der Waals surface area contributed by atoms with E-state index in [1.165, 1.54) is 5.56 Å². The Morgan fingerprint density at radius 3 is 2.62 bits per heavy atom. The lowest BCUT2D eigenvalue weighted by molar-refractivity contribution is 0.0646. The molecule has 1 atom stereocenters. The Bertz CT molecular complexity index is 628. The Morgan fingerprint density at radius 2 is 2.00 bits per heavy atom. The molecule has 4 heteroatoms. The van der Waals surface area contributed by atoms with Crippen molar-refractivity contribution in [2.45, 2.75) is 18.9 Å². The molecule has 1 N–H and O–H groups in total. The number of hydrogen-bond acceptors (Lipinski definition) is 4. The number of ether oxygens (including phenoxy) is 1. The lowest BCUT2D eigenvalue weighted by atomic mass is 9.90. The van der Waals surface area contributed by atoms with Crippen LogP contribution in [-0.2, 0) is 0 Å². The largest absolute Gasteiger partial charge is 0.497 e. The summed E-state index contributed by atoms with van der Waals surface area (Å²) in [6, 6.07) is 12.2. The SMILES string of the molecule is COc1ccc(C=CCN2CCC(C(O)c3cccs3)CC2)cc1. The van der Waals surface area contributed by atoms with Gasteiger partial charge in [0.1, 0.15) is 5.75 Å². The summed E-state index contributed by atoms with van der Waals surface area (Å²) in [6.45, 7) is 3.08. The first-order valence-corrected chi connectivity index (χ1v) is 9.38. The van der Waals surface area contributed by atoms with Crippen LogP contribution in [0.1, 0.15) is 29.4 Å². The molecule has 0 saturated carbocycles. The molecule has 1 aromatic carbocycles. The first-order chi connectivity index (χ1) is 11.8. The van der Waals surface area contributed by atoms with E-state index in [1.54, 1.807) is 18.4 Å². The summed E-state index contributed by atoms with van der Waals surface area (Å²) >= 11 is 1.66. The van der Waals surface area contributed by atoms with Crippen LogP contribution in [0.2, 0.25) is 0 Å². The smallest absolute Gasteiger partial charge is 0.118 e. The predicted molar refractivity (Wildman–Crippen MR) is 100 cm³/mol. The molecular formula is C20H25NO2S. The Morgan fingerprint density at radius 1 is 1.25 bits per heavy atom. The van der Waals surface area contributed by atoms with Gasteiger partial charge in [-0.05, 0) is 61.0 Å². The summed E-state index contributed by atoms with van der Waals surface area (Å²) in [6.07, 6.45) is 6.22. The van der Waals surface area contributed by atoms with Gasteiger partial charge in [-0.1, -0.05) is 30.4 Å². The molecule has 3 nitrogen and oxygen atoms in total. The van der Waals surface area contributed by atoms with E-state index in [2.05, 4.69) is 29.2 Å². The molecule has 0 aliphatic carbocycles. The lowest BCUT2D eigenvalue weighted by Gasteiger charge is -2.33. The van der Waals surface area contributed by atoms with Crippen molar-refractivity contribution in [2.24, 2.45) is 5.92 Å². The fourth-order valence-corrected chi connectivity index (χ4v) is 4.00. The molecular weight excluding hydrogens is 318 g/mol. The van der Waals surface area contributed by atoms with Gasteiger partial charge in [-0.2, -0.15) is 0 Å². The van der Waals surface area contributed by atoms with Crippen LogP contribution in [0.5, 0.6) is 5.75 Å². The van der Waals surface area contributed by atoms with Crippen LogP contribution in [0.25, 0.3) is 6.08 Å². The monoisotopic (exact) mass is 343 g/mol. The first kappa shape index (κ1) is 17.2. The molecule has 0 spiro atoms. The number of methoxy groups -OCH3 is 1. The van der Waals surface area contributed by atoms with Crippen LogP contribution in [0, 0.1) is 5.92 Å². The second-order valence-corrected chi connectivity index (χ2v) is 7.25. The molecule has 128 valence electrons. The fraction of sp³-hybridized carbons (Fsp3) is 0.400. The number of aliphatic hydroxyl groups excluding tert-OH is 1. The van der Waals surface area contributed by atoms with Crippen LogP contribution >= 0.6 is 11.3 Å². The maximum Gasteiger partial charge on any atom is 0.118 e. The molecule has 1 fully saturated rings. The average molecular weight is 343 g/mol. The Kier molecular flexibility index (Phi) is 6.07. The Balaban J connectivity index is 1.44. The normalized spacial score (nSPS) is 18.1. The highest BCUT2D eigenvalue weighted by atomic mass is 32.1. The van der Waals surface area contributed by atoms with Gasteiger partial charge in [-0.15, -0.1) is 11.3 Å². The highest BCUT2D eigenvalue weighted by Gasteiger charge is 2.26. The molecule has 2 aromatic rings. The van der Waals surface area contributed by atoms with Gasteiger partial charge in [-0.3, -0.25) is 4.90 Å². The predicted octanol–water partition coefficient (Wildman–Crippen LogP) is 4.22. The topological polar surface area (TPSA) is 32.7 Å². The lowest BCUT2D eigenvalue weighted by Crippen LogP contribution is -2.35.